The number of hydrogen-bond acceptors (Lipinski definition) is 1. The Labute approximate surface area is 76.5 Å². The molecule has 1 aliphatic rings. The standard InChI is InChI=1S/C9H7BFNO/c1-4-5-2-3-6(10)8(11)7(5)9(13)12-4/h2-4H,1H3,(H,12,13). The molecule has 2 radical (unpaired) electrons. The molecular weight excluding hydrogens is 168 g/mol. The van der Waals surface area contributed by atoms with E-state index in [0.717, 1.165) is 0 Å². The van der Waals surface area contributed by atoms with E-state index in [0.29, 0.717) is 5.56 Å². The van der Waals surface area contributed by atoms with Crippen molar-refractivity contribution in [3.8, 4) is 0 Å². The van der Waals surface area contributed by atoms with Gasteiger partial charge in [0.05, 0.1) is 11.6 Å². The van der Waals surface area contributed by atoms with Crippen LogP contribution in [0.15, 0.2) is 12.1 Å². The quantitative estimate of drug-likeness (QED) is 0.569. The summed E-state index contributed by atoms with van der Waals surface area (Å²) in [5.41, 5.74) is 0.784. The molecule has 2 rings (SSSR count). The lowest BCUT2D eigenvalue weighted by Crippen LogP contribution is -2.18. The normalized spacial score (nSPS) is 19.8. The Morgan fingerprint density at radius 2 is 2.23 bits per heavy atom. The lowest BCUT2D eigenvalue weighted by Gasteiger charge is -2.04. The highest BCUT2D eigenvalue weighted by atomic mass is 19.1. The number of carbonyl (C=O) groups is 1. The summed E-state index contributed by atoms with van der Waals surface area (Å²) >= 11 is 0. The molecule has 0 aromatic heterocycles. The predicted molar refractivity (Wildman–Crippen MR) is 47.7 cm³/mol. The average Bonchev–Trinajstić information content (AvgIpc) is 2.35. The monoisotopic (exact) mass is 175 g/mol. The van der Waals surface area contributed by atoms with Crippen LogP contribution in [0.4, 0.5) is 4.39 Å². The maximum atomic E-state index is 13.3. The molecule has 1 aromatic carbocycles. The first kappa shape index (κ1) is 8.29. The molecule has 0 aliphatic carbocycles. The van der Waals surface area contributed by atoms with Crippen LogP contribution in [-0.2, 0) is 0 Å². The number of rotatable bonds is 0. The van der Waals surface area contributed by atoms with Gasteiger partial charge in [-0.2, -0.15) is 0 Å². The van der Waals surface area contributed by atoms with E-state index < -0.39 is 5.82 Å². The van der Waals surface area contributed by atoms with E-state index in [9.17, 15) is 9.18 Å². The summed E-state index contributed by atoms with van der Waals surface area (Å²) < 4.78 is 13.3. The first-order chi connectivity index (χ1) is 6.11. The summed E-state index contributed by atoms with van der Waals surface area (Å²) in [7, 11) is 5.35. The van der Waals surface area contributed by atoms with Gasteiger partial charge in [-0.15, -0.1) is 0 Å². The fourth-order valence-corrected chi connectivity index (χ4v) is 1.55. The number of amides is 1. The van der Waals surface area contributed by atoms with Crippen LogP contribution in [0.2, 0.25) is 0 Å². The maximum absolute atomic E-state index is 13.3. The summed E-state index contributed by atoms with van der Waals surface area (Å²) in [6.07, 6.45) is 0. The summed E-state index contributed by atoms with van der Waals surface area (Å²) in [5, 5.41) is 2.62. The Hall–Kier alpha value is -1.32. The SMILES string of the molecule is [B]c1ccc2c(c1F)C(=O)NC2C. The van der Waals surface area contributed by atoms with Gasteiger partial charge in [-0.05, 0) is 12.5 Å². The number of fused-ring (bicyclic) bond motifs is 1. The lowest BCUT2D eigenvalue weighted by atomic mass is 9.90. The molecule has 1 atom stereocenters. The number of benzene rings is 1. The van der Waals surface area contributed by atoms with Gasteiger partial charge in [-0.25, -0.2) is 4.39 Å². The van der Waals surface area contributed by atoms with Crippen molar-refractivity contribution in [3.63, 3.8) is 0 Å². The van der Waals surface area contributed by atoms with Gasteiger partial charge < -0.3 is 5.32 Å². The van der Waals surface area contributed by atoms with Gasteiger partial charge in [-0.1, -0.05) is 17.6 Å². The Morgan fingerprint density at radius 1 is 1.54 bits per heavy atom. The van der Waals surface area contributed by atoms with Crippen molar-refractivity contribution in [2.75, 3.05) is 0 Å². The number of carbonyl (C=O) groups excluding carboxylic acids is 1. The smallest absolute Gasteiger partial charge is 0.255 e. The van der Waals surface area contributed by atoms with E-state index in [1.807, 2.05) is 0 Å². The highest BCUT2D eigenvalue weighted by molar-refractivity contribution is 6.33. The third-order valence-corrected chi connectivity index (χ3v) is 2.25. The van der Waals surface area contributed by atoms with Gasteiger partial charge in [0, 0.05) is 0 Å². The highest BCUT2D eigenvalue weighted by Crippen LogP contribution is 2.25. The molecule has 1 aliphatic heterocycles. The van der Waals surface area contributed by atoms with Crippen molar-refractivity contribution in [2.45, 2.75) is 13.0 Å². The Kier molecular flexibility index (Phi) is 1.65. The van der Waals surface area contributed by atoms with E-state index in [4.69, 9.17) is 7.85 Å². The van der Waals surface area contributed by atoms with E-state index in [2.05, 4.69) is 5.32 Å². The summed E-state index contributed by atoms with van der Waals surface area (Å²) in [6.45, 7) is 1.80. The van der Waals surface area contributed by atoms with Crippen molar-refractivity contribution in [2.24, 2.45) is 0 Å². The molecule has 64 valence electrons. The Bertz CT molecular complexity index is 391. The lowest BCUT2D eigenvalue weighted by molar-refractivity contribution is 0.0955. The summed E-state index contributed by atoms with van der Waals surface area (Å²) in [4.78, 5) is 11.2. The van der Waals surface area contributed by atoms with E-state index >= 15 is 0 Å². The average molecular weight is 175 g/mol. The molecule has 0 bridgehead atoms. The zero-order valence-corrected chi connectivity index (χ0v) is 7.10. The van der Waals surface area contributed by atoms with Crippen LogP contribution >= 0.6 is 0 Å². The topological polar surface area (TPSA) is 29.1 Å². The van der Waals surface area contributed by atoms with Crippen molar-refractivity contribution in [1.29, 1.82) is 0 Å². The minimum absolute atomic E-state index is 0.0167. The Balaban J connectivity index is 2.71. The molecule has 4 heteroatoms. The maximum Gasteiger partial charge on any atom is 0.255 e. The summed E-state index contributed by atoms with van der Waals surface area (Å²) in [6, 6.07) is 3.03. The first-order valence-corrected chi connectivity index (χ1v) is 4.00. The van der Waals surface area contributed by atoms with Crippen molar-refractivity contribution in [3.05, 3.63) is 29.1 Å². The second-order valence-corrected chi connectivity index (χ2v) is 3.13. The van der Waals surface area contributed by atoms with E-state index in [1.54, 1.807) is 13.0 Å². The van der Waals surface area contributed by atoms with E-state index in [1.165, 1.54) is 6.07 Å². The fraction of sp³-hybridized carbons (Fsp3) is 0.222. The molecule has 0 saturated carbocycles. The number of hydrogen-bond donors (Lipinski definition) is 1. The van der Waals surface area contributed by atoms with Gasteiger partial charge in [0.25, 0.3) is 5.91 Å². The predicted octanol–water partition coefficient (Wildman–Crippen LogP) is 0.424. The van der Waals surface area contributed by atoms with Crippen LogP contribution in [0.3, 0.4) is 0 Å². The van der Waals surface area contributed by atoms with Crippen LogP contribution in [-0.4, -0.2) is 13.8 Å². The van der Waals surface area contributed by atoms with Crippen molar-refractivity contribution in [1.82, 2.24) is 5.32 Å². The van der Waals surface area contributed by atoms with Gasteiger partial charge in [-0.3, -0.25) is 4.79 Å². The largest absolute Gasteiger partial charge is 0.345 e. The van der Waals surface area contributed by atoms with Crippen molar-refractivity contribution < 1.29 is 9.18 Å². The molecule has 1 N–H and O–H groups in total. The van der Waals surface area contributed by atoms with Gasteiger partial charge in [0.15, 0.2) is 0 Å². The first-order valence-electron chi connectivity index (χ1n) is 4.00. The molecule has 13 heavy (non-hydrogen) atoms. The summed E-state index contributed by atoms with van der Waals surface area (Å²) in [5.74, 6) is -0.994. The molecule has 0 saturated heterocycles. The zero-order valence-electron chi connectivity index (χ0n) is 7.10. The van der Waals surface area contributed by atoms with Gasteiger partial charge >= 0.3 is 0 Å². The van der Waals surface area contributed by atoms with Crippen LogP contribution in [0.5, 0.6) is 0 Å². The number of halogens is 1. The third-order valence-electron chi connectivity index (χ3n) is 2.25. The van der Waals surface area contributed by atoms with Gasteiger partial charge in [0.1, 0.15) is 13.7 Å². The minimum Gasteiger partial charge on any atom is -0.345 e. The molecule has 1 amide bonds. The molecule has 2 nitrogen and oxygen atoms in total. The third kappa shape index (κ3) is 1.05. The molecular formula is C9H7BFNO. The van der Waals surface area contributed by atoms with E-state index in [-0.39, 0.29) is 23.0 Å². The number of nitrogens with one attached hydrogen (secondary N) is 1. The zero-order chi connectivity index (χ0) is 9.59. The molecule has 1 unspecified atom stereocenters. The molecule has 1 aromatic rings. The van der Waals surface area contributed by atoms with Crippen LogP contribution in [0, 0.1) is 5.82 Å². The minimum atomic E-state index is -0.612. The molecule has 1 heterocycles. The highest BCUT2D eigenvalue weighted by Gasteiger charge is 2.28. The second kappa shape index (κ2) is 2.59. The fourth-order valence-electron chi connectivity index (χ4n) is 1.55. The van der Waals surface area contributed by atoms with Gasteiger partial charge in [0.2, 0.25) is 0 Å². The van der Waals surface area contributed by atoms with Crippen molar-refractivity contribution >= 4 is 19.2 Å². The second-order valence-electron chi connectivity index (χ2n) is 3.13. The molecule has 0 spiro atoms. The Morgan fingerprint density at radius 3 is 2.92 bits per heavy atom. The van der Waals surface area contributed by atoms with Crippen LogP contribution < -0.4 is 10.8 Å². The molecule has 0 fully saturated rings. The van der Waals surface area contributed by atoms with Crippen LogP contribution in [0.25, 0.3) is 0 Å². The van der Waals surface area contributed by atoms with Crippen LogP contribution in [0.1, 0.15) is 28.9 Å².